The van der Waals surface area contributed by atoms with E-state index < -0.39 is 0 Å². The highest BCUT2D eigenvalue weighted by Crippen LogP contribution is 2.26. The standard InChI is InChI=1S/C18H28N2/c1-2-4-9-16(10-5-3-1)20-18-12-13-19-14-15-8-6-7-11-17(15)18/h6-8,11,16,18-20H,1-5,9-10,12-14H2. The number of benzene rings is 1. The maximum absolute atomic E-state index is 3.98. The quantitative estimate of drug-likeness (QED) is 0.852. The van der Waals surface area contributed by atoms with Crippen LogP contribution in [0.2, 0.25) is 0 Å². The van der Waals surface area contributed by atoms with Crippen LogP contribution in [-0.2, 0) is 6.54 Å². The van der Waals surface area contributed by atoms with Gasteiger partial charge in [-0.2, -0.15) is 0 Å². The number of hydrogen-bond acceptors (Lipinski definition) is 2. The van der Waals surface area contributed by atoms with Crippen molar-refractivity contribution < 1.29 is 0 Å². The van der Waals surface area contributed by atoms with Gasteiger partial charge in [0.1, 0.15) is 0 Å². The van der Waals surface area contributed by atoms with Crippen molar-refractivity contribution in [2.45, 2.75) is 70.0 Å². The predicted molar refractivity (Wildman–Crippen MR) is 84.7 cm³/mol. The topological polar surface area (TPSA) is 24.1 Å². The lowest BCUT2D eigenvalue weighted by Crippen LogP contribution is -2.34. The van der Waals surface area contributed by atoms with Crippen molar-refractivity contribution in [1.82, 2.24) is 10.6 Å². The van der Waals surface area contributed by atoms with E-state index in [2.05, 4.69) is 34.9 Å². The molecule has 0 spiro atoms. The molecule has 0 amide bonds. The normalized spacial score (nSPS) is 25.3. The molecular formula is C18H28N2. The summed E-state index contributed by atoms with van der Waals surface area (Å²) in [6.45, 7) is 2.15. The van der Waals surface area contributed by atoms with Crippen LogP contribution in [0.15, 0.2) is 24.3 Å². The molecule has 1 aromatic carbocycles. The van der Waals surface area contributed by atoms with E-state index in [1.165, 1.54) is 62.5 Å². The Morgan fingerprint density at radius 3 is 2.50 bits per heavy atom. The Hall–Kier alpha value is -0.860. The van der Waals surface area contributed by atoms with E-state index in [9.17, 15) is 0 Å². The summed E-state index contributed by atoms with van der Waals surface area (Å²) in [6, 6.07) is 10.2. The van der Waals surface area contributed by atoms with Gasteiger partial charge in [0.05, 0.1) is 0 Å². The maximum atomic E-state index is 3.98. The zero-order valence-electron chi connectivity index (χ0n) is 12.5. The van der Waals surface area contributed by atoms with Crippen LogP contribution in [0.1, 0.15) is 68.5 Å². The van der Waals surface area contributed by atoms with Crippen molar-refractivity contribution >= 4 is 0 Å². The molecule has 1 aliphatic heterocycles. The Bertz CT molecular complexity index is 408. The smallest absolute Gasteiger partial charge is 0.0337 e. The van der Waals surface area contributed by atoms with Crippen LogP contribution in [0.5, 0.6) is 0 Å². The first kappa shape index (κ1) is 14.1. The number of hydrogen-bond donors (Lipinski definition) is 2. The van der Waals surface area contributed by atoms with E-state index in [4.69, 9.17) is 0 Å². The van der Waals surface area contributed by atoms with Crippen LogP contribution in [0.3, 0.4) is 0 Å². The summed E-state index contributed by atoms with van der Waals surface area (Å²) >= 11 is 0. The van der Waals surface area contributed by atoms with Gasteiger partial charge in [0.2, 0.25) is 0 Å². The SMILES string of the molecule is c1ccc2c(c1)CNCCC2NC1CCCCCCC1. The Morgan fingerprint density at radius 2 is 1.65 bits per heavy atom. The summed E-state index contributed by atoms with van der Waals surface area (Å²) in [5.41, 5.74) is 3.01. The largest absolute Gasteiger partial charge is 0.313 e. The van der Waals surface area contributed by atoms with Crippen LogP contribution in [-0.4, -0.2) is 12.6 Å². The maximum Gasteiger partial charge on any atom is 0.0337 e. The summed E-state index contributed by atoms with van der Waals surface area (Å²) in [5, 5.41) is 7.53. The Balaban J connectivity index is 1.69. The molecule has 1 heterocycles. The van der Waals surface area contributed by atoms with Gasteiger partial charge in [-0.1, -0.05) is 56.4 Å². The molecule has 1 saturated carbocycles. The van der Waals surface area contributed by atoms with E-state index >= 15 is 0 Å². The third kappa shape index (κ3) is 3.62. The minimum absolute atomic E-state index is 0.547. The molecule has 0 aromatic heterocycles. The first-order valence-corrected chi connectivity index (χ1v) is 8.48. The molecule has 0 radical (unpaired) electrons. The van der Waals surface area contributed by atoms with Crippen molar-refractivity contribution in [2.24, 2.45) is 0 Å². The van der Waals surface area contributed by atoms with Crippen molar-refractivity contribution in [3.63, 3.8) is 0 Å². The Kier molecular flexibility index (Phi) is 5.10. The van der Waals surface area contributed by atoms with Gasteiger partial charge in [-0.25, -0.2) is 0 Å². The summed E-state index contributed by atoms with van der Waals surface area (Å²) in [5.74, 6) is 0. The van der Waals surface area contributed by atoms with Gasteiger partial charge >= 0.3 is 0 Å². The third-order valence-electron chi connectivity index (χ3n) is 4.90. The van der Waals surface area contributed by atoms with E-state index in [1.807, 2.05) is 0 Å². The number of nitrogens with one attached hydrogen (secondary N) is 2. The molecule has 1 aromatic rings. The number of rotatable bonds is 2. The summed E-state index contributed by atoms with van der Waals surface area (Å²) in [4.78, 5) is 0. The van der Waals surface area contributed by atoms with Crippen molar-refractivity contribution in [3.05, 3.63) is 35.4 Å². The lowest BCUT2D eigenvalue weighted by atomic mass is 9.93. The second-order valence-corrected chi connectivity index (χ2v) is 6.43. The van der Waals surface area contributed by atoms with Gasteiger partial charge in [0, 0.05) is 18.6 Å². The predicted octanol–water partition coefficient (Wildman–Crippen LogP) is 3.92. The highest BCUT2D eigenvalue weighted by atomic mass is 15.0. The van der Waals surface area contributed by atoms with Crippen molar-refractivity contribution in [2.75, 3.05) is 6.54 Å². The molecular weight excluding hydrogens is 244 g/mol. The zero-order valence-corrected chi connectivity index (χ0v) is 12.5. The van der Waals surface area contributed by atoms with Gasteiger partial charge in [0.15, 0.2) is 0 Å². The van der Waals surface area contributed by atoms with E-state index in [0.29, 0.717) is 6.04 Å². The van der Waals surface area contributed by atoms with Gasteiger partial charge in [-0.05, 0) is 36.9 Å². The van der Waals surface area contributed by atoms with E-state index in [1.54, 1.807) is 0 Å². The fraction of sp³-hybridized carbons (Fsp3) is 0.667. The highest BCUT2D eigenvalue weighted by Gasteiger charge is 2.21. The molecule has 3 rings (SSSR count). The van der Waals surface area contributed by atoms with Gasteiger partial charge < -0.3 is 10.6 Å². The zero-order chi connectivity index (χ0) is 13.6. The van der Waals surface area contributed by atoms with Crippen LogP contribution in [0.4, 0.5) is 0 Å². The van der Waals surface area contributed by atoms with Gasteiger partial charge in [-0.3, -0.25) is 0 Å². The Labute approximate surface area is 123 Å². The second kappa shape index (κ2) is 7.24. The first-order valence-electron chi connectivity index (χ1n) is 8.48. The highest BCUT2D eigenvalue weighted by molar-refractivity contribution is 5.31. The monoisotopic (exact) mass is 272 g/mol. The number of fused-ring (bicyclic) bond motifs is 1. The molecule has 2 heteroatoms. The fourth-order valence-electron chi connectivity index (χ4n) is 3.74. The lowest BCUT2D eigenvalue weighted by Gasteiger charge is -2.27. The Morgan fingerprint density at radius 1 is 0.900 bits per heavy atom. The van der Waals surface area contributed by atoms with E-state index in [0.717, 1.165) is 19.1 Å². The molecule has 2 nitrogen and oxygen atoms in total. The minimum Gasteiger partial charge on any atom is -0.313 e. The van der Waals surface area contributed by atoms with Crippen molar-refractivity contribution in [1.29, 1.82) is 0 Å². The van der Waals surface area contributed by atoms with E-state index in [-0.39, 0.29) is 0 Å². The van der Waals surface area contributed by atoms with Crippen LogP contribution < -0.4 is 10.6 Å². The van der Waals surface area contributed by atoms with Crippen LogP contribution in [0, 0.1) is 0 Å². The molecule has 1 atom stereocenters. The average molecular weight is 272 g/mol. The minimum atomic E-state index is 0.547. The van der Waals surface area contributed by atoms with Crippen LogP contribution >= 0.6 is 0 Å². The molecule has 20 heavy (non-hydrogen) atoms. The van der Waals surface area contributed by atoms with Crippen LogP contribution in [0.25, 0.3) is 0 Å². The molecule has 110 valence electrons. The summed E-state index contributed by atoms with van der Waals surface area (Å²) < 4.78 is 0. The average Bonchev–Trinajstić information content (AvgIpc) is 2.64. The second-order valence-electron chi connectivity index (χ2n) is 6.43. The molecule has 0 bridgehead atoms. The lowest BCUT2D eigenvalue weighted by molar-refractivity contribution is 0.345. The summed E-state index contributed by atoms with van der Waals surface area (Å²) in [7, 11) is 0. The summed E-state index contributed by atoms with van der Waals surface area (Å²) in [6.07, 6.45) is 11.1. The van der Waals surface area contributed by atoms with Crippen molar-refractivity contribution in [3.8, 4) is 0 Å². The first-order chi connectivity index (χ1) is 9.93. The van der Waals surface area contributed by atoms with Gasteiger partial charge in [-0.15, -0.1) is 0 Å². The molecule has 0 saturated heterocycles. The molecule has 2 aliphatic rings. The molecule has 1 fully saturated rings. The molecule has 2 N–H and O–H groups in total. The van der Waals surface area contributed by atoms with Gasteiger partial charge in [0.25, 0.3) is 0 Å². The third-order valence-corrected chi connectivity index (χ3v) is 4.90. The molecule has 1 aliphatic carbocycles. The molecule has 1 unspecified atom stereocenters. The fourth-order valence-corrected chi connectivity index (χ4v) is 3.74.